The second kappa shape index (κ2) is 6.41. The summed E-state index contributed by atoms with van der Waals surface area (Å²) in [5.41, 5.74) is 2.76. The smallest absolute Gasteiger partial charge is 0.163 e. The summed E-state index contributed by atoms with van der Waals surface area (Å²) in [4.78, 5) is 4.74. The zero-order chi connectivity index (χ0) is 16.2. The Balaban J connectivity index is 2.25. The van der Waals surface area contributed by atoms with Gasteiger partial charge in [0.1, 0.15) is 5.82 Å². The number of nitriles is 1. The highest BCUT2D eigenvalue weighted by molar-refractivity contribution is 5.84. The molecule has 5 heteroatoms. The highest BCUT2D eigenvalue weighted by Gasteiger charge is 2.16. The molecule has 3 rings (SSSR count). The standard InChI is InChI=1S/C18H17N3O2/c1-22-16-11-14-15(12-17(16)23-2)21(10-6-9-19)18(20-14)13-7-4-3-5-8-13/h3-5,7-8,11-12H,6,10H2,1-2H3. The van der Waals surface area contributed by atoms with Gasteiger partial charge in [-0.3, -0.25) is 0 Å². The predicted molar refractivity (Wildman–Crippen MR) is 88.5 cm³/mol. The Labute approximate surface area is 134 Å². The van der Waals surface area contributed by atoms with Gasteiger partial charge in [-0.1, -0.05) is 30.3 Å². The van der Waals surface area contributed by atoms with Gasteiger partial charge in [-0.2, -0.15) is 5.26 Å². The Hall–Kier alpha value is -3.00. The van der Waals surface area contributed by atoms with Crippen molar-refractivity contribution >= 4 is 11.0 Å². The van der Waals surface area contributed by atoms with E-state index in [9.17, 15) is 0 Å². The molecule has 3 aromatic rings. The van der Waals surface area contributed by atoms with Gasteiger partial charge >= 0.3 is 0 Å². The van der Waals surface area contributed by atoms with Gasteiger partial charge in [-0.05, 0) is 0 Å². The lowest BCUT2D eigenvalue weighted by atomic mass is 10.2. The number of rotatable bonds is 5. The zero-order valence-electron chi connectivity index (χ0n) is 13.1. The average Bonchev–Trinajstić information content (AvgIpc) is 2.96. The van der Waals surface area contributed by atoms with Crippen LogP contribution in [0.15, 0.2) is 42.5 Å². The van der Waals surface area contributed by atoms with Gasteiger partial charge in [0.2, 0.25) is 0 Å². The molecule has 0 unspecified atom stereocenters. The maximum atomic E-state index is 8.95. The first-order chi connectivity index (χ1) is 11.3. The Bertz CT molecular complexity index is 863. The quantitative estimate of drug-likeness (QED) is 0.722. The third-order valence-electron chi connectivity index (χ3n) is 3.73. The number of fused-ring (bicyclic) bond motifs is 1. The fourth-order valence-corrected chi connectivity index (χ4v) is 2.65. The largest absolute Gasteiger partial charge is 0.493 e. The Morgan fingerprint density at radius 3 is 2.43 bits per heavy atom. The number of nitrogens with zero attached hydrogens (tertiary/aromatic N) is 3. The van der Waals surface area contributed by atoms with Gasteiger partial charge in [0.05, 0.1) is 37.7 Å². The van der Waals surface area contributed by atoms with Crippen LogP contribution in [0.1, 0.15) is 6.42 Å². The van der Waals surface area contributed by atoms with E-state index in [1.165, 1.54) is 0 Å². The molecule has 0 radical (unpaired) electrons. The van der Waals surface area contributed by atoms with E-state index in [-0.39, 0.29) is 0 Å². The number of hydrogen-bond acceptors (Lipinski definition) is 4. The van der Waals surface area contributed by atoms with Crippen LogP contribution in [-0.4, -0.2) is 23.8 Å². The van der Waals surface area contributed by atoms with Crippen molar-refractivity contribution in [3.8, 4) is 29.0 Å². The van der Waals surface area contributed by atoms with Crippen LogP contribution in [-0.2, 0) is 6.54 Å². The molecular weight excluding hydrogens is 290 g/mol. The minimum absolute atomic E-state index is 0.416. The topological polar surface area (TPSA) is 60.1 Å². The van der Waals surface area contributed by atoms with Gasteiger partial charge in [0.25, 0.3) is 0 Å². The van der Waals surface area contributed by atoms with Crippen LogP contribution in [0.4, 0.5) is 0 Å². The molecule has 116 valence electrons. The molecule has 1 heterocycles. The molecule has 0 saturated heterocycles. The molecule has 0 bridgehead atoms. The molecule has 0 amide bonds. The number of aromatic nitrogens is 2. The molecule has 1 aromatic heterocycles. The van der Waals surface area contributed by atoms with Gasteiger partial charge < -0.3 is 14.0 Å². The van der Waals surface area contributed by atoms with Crippen LogP contribution in [0.3, 0.4) is 0 Å². The van der Waals surface area contributed by atoms with Crippen molar-refractivity contribution in [1.29, 1.82) is 5.26 Å². The monoisotopic (exact) mass is 307 g/mol. The Morgan fingerprint density at radius 2 is 1.78 bits per heavy atom. The van der Waals surface area contributed by atoms with E-state index in [2.05, 4.69) is 10.6 Å². The van der Waals surface area contributed by atoms with Crippen molar-refractivity contribution in [3.05, 3.63) is 42.5 Å². The molecule has 0 saturated carbocycles. The fraction of sp³-hybridized carbons (Fsp3) is 0.222. The summed E-state index contributed by atoms with van der Waals surface area (Å²) in [7, 11) is 3.21. The lowest BCUT2D eigenvalue weighted by Crippen LogP contribution is -2.00. The van der Waals surface area contributed by atoms with Crippen molar-refractivity contribution < 1.29 is 9.47 Å². The van der Waals surface area contributed by atoms with E-state index >= 15 is 0 Å². The first-order valence-electron chi connectivity index (χ1n) is 7.33. The molecule has 0 fully saturated rings. The van der Waals surface area contributed by atoms with Gasteiger partial charge in [-0.25, -0.2) is 4.98 Å². The lowest BCUT2D eigenvalue weighted by molar-refractivity contribution is 0.355. The number of methoxy groups -OCH3 is 2. The summed E-state index contributed by atoms with van der Waals surface area (Å²) in [6.45, 7) is 0.576. The van der Waals surface area contributed by atoms with E-state index in [1.54, 1.807) is 14.2 Å². The van der Waals surface area contributed by atoms with Crippen LogP contribution in [0.2, 0.25) is 0 Å². The second-order valence-electron chi connectivity index (χ2n) is 5.06. The minimum atomic E-state index is 0.416. The molecule has 0 N–H and O–H groups in total. The van der Waals surface area contributed by atoms with Crippen LogP contribution in [0, 0.1) is 11.3 Å². The zero-order valence-corrected chi connectivity index (χ0v) is 13.1. The summed E-state index contributed by atoms with van der Waals surface area (Å²) >= 11 is 0. The van der Waals surface area contributed by atoms with Gasteiger partial charge in [0, 0.05) is 24.2 Å². The highest BCUT2D eigenvalue weighted by Crippen LogP contribution is 2.34. The van der Waals surface area contributed by atoms with E-state index in [1.807, 2.05) is 42.5 Å². The summed E-state index contributed by atoms with van der Waals surface area (Å²) in [6, 6.07) is 15.9. The van der Waals surface area contributed by atoms with Gasteiger partial charge in [0.15, 0.2) is 11.5 Å². The molecule has 0 atom stereocenters. The van der Waals surface area contributed by atoms with Crippen molar-refractivity contribution in [2.45, 2.75) is 13.0 Å². The summed E-state index contributed by atoms with van der Waals surface area (Å²) in [5, 5.41) is 8.95. The number of ether oxygens (including phenoxy) is 2. The summed E-state index contributed by atoms with van der Waals surface area (Å²) in [6.07, 6.45) is 0.416. The normalized spacial score (nSPS) is 10.5. The molecule has 0 aliphatic carbocycles. The summed E-state index contributed by atoms with van der Waals surface area (Å²) < 4.78 is 12.8. The molecule has 2 aromatic carbocycles. The Kier molecular flexibility index (Phi) is 4.15. The fourth-order valence-electron chi connectivity index (χ4n) is 2.65. The highest BCUT2D eigenvalue weighted by atomic mass is 16.5. The third-order valence-corrected chi connectivity index (χ3v) is 3.73. The SMILES string of the molecule is COc1cc2nc(-c3ccccc3)n(CCC#N)c2cc1OC. The second-order valence-corrected chi connectivity index (χ2v) is 5.06. The van der Waals surface area contributed by atoms with Crippen LogP contribution in [0.5, 0.6) is 11.5 Å². The molecular formula is C18H17N3O2. The van der Waals surface area contributed by atoms with Crippen LogP contribution >= 0.6 is 0 Å². The van der Waals surface area contributed by atoms with E-state index in [0.29, 0.717) is 24.5 Å². The van der Waals surface area contributed by atoms with Crippen molar-refractivity contribution in [2.75, 3.05) is 14.2 Å². The van der Waals surface area contributed by atoms with Crippen LogP contribution in [0.25, 0.3) is 22.4 Å². The first kappa shape index (κ1) is 14.9. The third kappa shape index (κ3) is 2.71. The molecule has 0 aliphatic rings. The minimum Gasteiger partial charge on any atom is -0.493 e. The van der Waals surface area contributed by atoms with Crippen molar-refractivity contribution in [2.24, 2.45) is 0 Å². The molecule has 0 spiro atoms. The van der Waals surface area contributed by atoms with E-state index in [0.717, 1.165) is 22.4 Å². The average molecular weight is 307 g/mol. The maximum absolute atomic E-state index is 8.95. The van der Waals surface area contributed by atoms with Crippen LogP contribution < -0.4 is 9.47 Å². The number of imidazole rings is 1. The lowest BCUT2D eigenvalue weighted by Gasteiger charge is -2.09. The first-order valence-corrected chi connectivity index (χ1v) is 7.33. The maximum Gasteiger partial charge on any atom is 0.163 e. The number of aryl methyl sites for hydroxylation is 1. The van der Waals surface area contributed by atoms with Gasteiger partial charge in [-0.15, -0.1) is 0 Å². The number of benzene rings is 2. The molecule has 0 aliphatic heterocycles. The number of hydrogen-bond donors (Lipinski definition) is 0. The molecule has 23 heavy (non-hydrogen) atoms. The Morgan fingerprint density at radius 1 is 1.09 bits per heavy atom. The van der Waals surface area contributed by atoms with E-state index < -0.39 is 0 Å². The predicted octanol–water partition coefficient (Wildman–Crippen LogP) is 3.63. The summed E-state index contributed by atoms with van der Waals surface area (Å²) in [5.74, 6) is 2.13. The molecule has 5 nitrogen and oxygen atoms in total. The van der Waals surface area contributed by atoms with Crippen molar-refractivity contribution in [3.63, 3.8) is 0 Å². The van der Waals surface area contributed by atoms with E-state index in [4.69, 9.17) is 19.7 Å². The van der Waals surface area contributed by atoms with Crippen molar-refractivity contribution in [1.82, 2.24) is 9.55 Å².